The van der Waals surface area contributed by atoms with E-state index in [4.69, 9.17) is 9.47 Å². The zero-order chi connectivity index (χ0) is 23.3. The highest BCUT2D eigenvalue weighted by Crippen LogP contribution is 2.17. The van der Waals surface area contributed by atoms with Crippen molar-refractivity contribution in [3.8, 4) is 0 Å². The highest BCUT2D eigenvalue weighted by molar-refractivity contribution is 5.79. The van der Waals surface area contributed by atoms with Crippen LogP contribution in [0, 0.1) is 6.92 Å². The average Bonchev–Trinajstić information content (AvgIpc) is 3.51. The molecule has 3 aromatic rings. The van der Waals surface area contributed by atoms with Crippen LogP contribution >= 0.6 is 0 Å². The first kappa shape index (κ1) is 23.1. The van der Waals surface area contributed by atoms with E-state index < -0.39 is 0 Å². The molecule has 0 bridgehead atoms. The number of ether oxygens (including phenoxy) is 2. The van der Waals surface area contributed by atoms with Crippen molar-refractivity contribution in [2.45, 2.75) is 45.5 Å². The molecule has 1 N–H and O–H groups in total. The van der Waals surface area contributed by atoms with E-state index in [-0.39, 0.29) is 11.7 Å². The van der Waals surface area contributed by atoms with E-state index in [1.807, 2.05) is 22.9 Å². The summed E-state index contributed by atoms with van der Waals surface area (Å²) in [6.45, 7) is 9.72. The van der Waals surface area contributed by atoms with Crippen molar-refractivity contribution < 1.29 is 9.47 Å². The van der Waals surface area contributed by atoms with Crippen LogP contribution in [0.5, 0.6) is 0 Å². The van der Waals surface area contributed by atoms with Crippen molar-refractivity contribution in [1.29, 1.82) is 0 Å². The van der Waals surface area contributed by atoms with Crippen LogP contribution in [0.2, 0.25) is 0 Å². The third-order valence-corrected chi connectivity index (χ3v) is 6.68. The smallest absolute Gasteiger partial charge is 0.252 e. The lowest BCUT2D eigenvalue weighted by Gasteiger charge is -2.29. The molecule has 34 heavy (non-hydrogen) atoms. The molecule has 1 aromatic carbocycles. The molecule has 2 fully saturated rings. The summed E-state index contributed by atoms with van der Waals surface area (Å²) in [6, 6.07) is 8.10. The highest BCUT2D eigenvalue weighted by atomic mass is 16.5. The maximum atomic E-state index is 12.9. The van der Waals surface area contributed by atoms with Crippen molar-refractivity contribution in [3.05, 3.63) is 51.6 Å². The van der Waals surface area contributed by atoms with Crippen LogP contribution < -0.4 is 5.56 Å². The number of aromatic nitrogens is 5. The van der Waals surface area contributed by atoms with Gasteiger partial charge < -0.3 is 14.5 Å². The summed E-state index contributed by atoms with van der Waals surface area (Å²) >= 11 is 0. The van der Waals surface area contributed by atoms with E-state index in [1.54, 1.807) is 0 Å². The third-order valence-electron chi connectivity index (χ3n) is 6.68. The van der Waals surface area contributed by atoms with Gasteiger partial charge in [0.15, 0.2) is 5.82 Å². The molecule has 0 spiro atoms. The van der Waals surface area contributed by atoms with Crippen molar-refractivity contribution in [2.24, 2.45) is 0 Å². The second-order valence-electron chi connectivity index (χ2n) is 9.29. The number of rotatable bonds is 9. The first-order chi connectivity index (χ1) is 16.6. The Kier molecular flexibility index (Phi) is 7.29. The summed E-state index contributed by atoms with van der Waals surface area (Å²) in [5.41, 5.74) is 2.73. The van der Waals surface area contributed by atoms with E-state index >= 15 is 0 Å². The van der Waals surface area contributed by atoms with Gasteiger partial charge in [-0.1, -0.05) is 11.6 Å². The molecule has 0 saturated carbocycles. The minimum atomic E-state index is -0.0494. The van der Waals surface area contributed by atoms with Crippen molar-refractivity contribution >= 4 is 10.9 Å². The van der Waals surface area contributed by atoms with Gasteiger partial charge in [0.2, 0.25) is 0 Å². The van der Waals surface area contributed by atoms with E-state index in [0.29, 0.717) is 19.6 Å². The van der Waals surface area contributed by atoms with Crippen LogP contribution in [-0.2, 0) is 29.1 Å². The largest absolute Gasteiger partial charge is 0.379 e. The number of nitrogens with one attached hydrogen (secondary N) is 1. The van der Waals surface area contributed by atoms with Gasteiger partial charge >= 0.3 is 0 Å². The molecule has 182 valence electrons. The number of hydrogen-bond donors (Lipinski definition) is 1. The Morgan fingerprint density at radius 2 is 2.06 bits per heavy atom. The van der Waals surface area contributed by atoms with E-state index in [9.17, 15) is 4.79 Å². The summed E-state index contributed by atoms with van der Waals surface area (Å²) in [4.78, 5) is 20.6. The summed E-state index contributed by atoms with van der Waals surface area (Å²) in [5, 5.41) is 13.5. The second kappa shape index (κ2) is 10.7. The van der Waals surface area contributed by atoms with Gasteiger partial charge in [-0.15, -0.1) is 5.10 Å². The first-order valence-corrected chi connectivity index (χ1v) is 12.2. The van der Waals surface area contributed by atoms with Gasteiger partial charge in [0.25, 0.3) is 5.56 Å². The van der Waals surface area contributed by atoms with Crippen LogP contribution in [0.25, 0.3) is 10.9 Å². The molecule has 2 aliphatic heterocycles. The maximum absolute atomic E-state index is 12.9. The third kappa shape index (κ3) is 5.69. The lowest BCUT2D eigenvalue weighted by molar-refractivity contribution is 0.0321. The number of fused-ring (bicyclic) bond motifs is 1. The molecule has 1 atom stereocenters. The lowest BCUT2D eigenvalue weighted by atomic mass is 10.1. The molecule has 0 radical (unpaired) electrons. The summed E-state index contributed by atoms with van der Waals surface area (Å²) in [5.74, 6) is 0.797. The quantitative estimate of drug-likeness (QED) is 0.503. The Balaban J connectivity index is 1.35. The monoisotopic (exact) mass is 467 g/mol. The summed E-state index contributed by atoms with van der Waals surface area (Å²) in [6.07, 6.45) is 2.28. The molecular formula is C24H33N7O3. The number of nitrogens with zero attached hydrogens (tertiary/aromatic N) is 6. The second-order valence-corrected chi connectivity index (χ2v) is 9.29. The molecule has 2 aromatic heterocycles. The number of tetrazole rings is 1. The minimum Gasteiger partial charge on any atom is -0.379 e. The summed E-state index contributed by atoms with van der Waals surface area (Å²) in [7, 11) is 0. The number of H-pyrrole nitrogens is 1. The number of pyridine rings is 1. The Labute approximate surface area is 198 Å². The zero-order valence-corrected chi connectivity index (χ0v) is 19.8. The molecule has 4 heterocycles. The van der Waals surface area contributed by atoms with E-state index in [1.165, 1.54) is 5.56 Å². The molecule has 5 rings (SSSR count). The molecule has 0 aliphatic carbocycles. The SMILES string of the molecule is Cc1ccc2[nH]c(=O)c(CN(CCN3CCOCC3)Cc3nnnn3CC3CCCO3)cc2c1. The predicted octanol–water partition coefficient (Wildman–Crippen LogP) is 1.34. The molecular weight excluding hydrogens is 434 g/mol. The molecule has 10 heteroatoms. The Morgan fingerprint density at radius 1 is 1.18 bits per heavy atom. The Morgan fingerprint density at radius 3 is 2.88 bits per heavy atom. The van der Waals surface area contributed by atoms with Gasteiger partial charge in [0.05, 0.1) is 32.4 Å². The average molecular weight is 468 g/mol. The molecule has 1 unspecified atom stereocenters. The van der Waals surface area contributed by atoms with Gasteiger partial charge in [-0.25, -0.2) is 4.68 Å². The number of benzene rings is 1. The van der Waals surface area contributed by atoms with E-state index in [2.05, 4.69) is 43.3 Å². The first-order valence-electron chi connectivity index (χ1n) is 12.2. The predicted molar refractivity (Wildman–Crippen MR) is 127 cm³/mol. The summed E-state index contributed by atoms with van der Waals surface area (Å²) < 4.78 is 13.1. The highest BCUT2D eigenvalue weighted by Gasteiger charge is 2.21. The zero-order valence-electron chi connectivity index (χ0n) is 19.8. The minimum absolute atomic E-state index is 0.0494. The number of hydrogen-bond acceptors (Lipinski definition) is 8. The topological polar surface area (TPSA) is 101 Å². The Hall–Kier alpha value is -2.66. The van der Waals surface area contributed by atoms with Gasteiger partial charge in [-0.2, -0.15) is 0 Å². The van der Waals surface area contributed by atoms with E-state index in [0.717, 1.165) is 81.1 Å². The molecule has 2 saturated heterocycles. The number of aryl methyl sites for hydroxylation is 1. The van der Waals surface area contributed by atoms with Gasteiger partial charge in [-0.05, 0) is 53.8 Å². The van der Waals surface area contributed by atoms with Crippen LogP contribution in [0.4, 0.5) is 0 Å². The number of aromatic amines is 1. The van der Waals surface area contributed by atoms with Crippen LogP contribution in [0.15, 0.2) is 29.1 Å². The van der Waals surface area contributed by atoms with Crippen molar-refractivity contribution in [3.63, 3.8) is 0 Å². The molecule has 2 aliphatic rings. The van der Waals surface area contributed by atoms with Crippen LogP contribution in [0.1, 0.15) is 29.8 Å². The fourth-order valence-electron chi connectivity index (χ4n) is 4.71. The number of morpholine rings is 1. The van der Waals surface area contributed by atoms with Crippen molar-refractivity contribution in [1.82, 2.24) is 35.0 Å². The van der Waals surface area contributed by atoms with Crippen LogP contribution in [0.3, 0.4) is 0 Å². The molecule has 10 nitrogen and oxygen atoms in total. The van der Waals surface area contributed by atoms with Gasteiger partial charge in [0, 0.05) is 50.4 Å². The maximum Gasteiger partial charge on any atom is 0.252 e. The fourth-order valence-corrected chi connectivity index (χ4v) is 4.71. The molecule has 0 amide bonds. The lowest BCUT2D eigenvalue weighted by Crippen LogP contribution is -2.41. The van der Waals surface area contributed by atoms with Crippen molar-refractivity contribution in [2.75, 3.05) is 46.0 Å². The normalized spacial score (nSPS) is 19.4. The van der Waals surface area contributed by atoms with Crippen LogP contribution in [-0.4, -0.2) is 87.1 Å². The van der Waals surface area contributed by atoms with Gasteiger partial charge in [-0.3, -0.25) is 14.6 Å². The fraction of sp³-hybridized carbons (Fsp3) is 0.583. The van der Waals surface area contributed by atoms with Gasteiger partial charge in [0.1, 0.15) is 0 Å². The Bertz CT molecular complexity index is 1150. The standard InChI is InChI=1S/C24H33N7O3/c1-18-4-5-22-19(13-18)14-20(24(32)25-22)15-30(7-6-29-8-11-33-12-9-29)17-23-26-27-28-31(23)16-21-3-2-10-34-21/h4-5,13-14,21H,2-3,6-12,15-17H2,1H3,(H,25,32).